The third-order valence-electron chi connectivity index (χ3n) is 8.75. The van der Waals surface area contributed by atoms with Crippen LogP contribution in [0, 0.1) is 10.1 Å². The fraction of sp³-hybridized carbons (Fsp3) is 0.769. The number of benzene rings is 1. The lowest BCUT2D eigenvalue weighted by molar-refractivity contribution is -0.545. The Morgan fingerprint density at radius 3 is 2.64 bits per heavy atom. The van der Waals surface area contributed by atoms with Crippen LogP contribution in [0.15, 0.2) is 30.3 Å². The van der Waals surface area contributed by atoms with Crippen molar-refractivity contribution in [3.63, 3.8) is 0 Å². The van der Waals surface area contributed by atoms with E-state index in [1.807, 2.05) is 0 Å². The summed E-state index contributed by atoms with van der Waals surface area (Å²) >= 11 is 0. The van der Waals surface area contributed by atoms with E-state index in [0.29, 0.717) is 24.8 Å². The number of hydrazine groups is 1. The number of ether oxygens (including phenoxy) is 3. The Labute approximate surface area is 226 Å². The van der Waals surface area contributed by atoms with Crippen LogP contribution < -0.4 is 16.2 Å². The van der Waals surface area contributed by atoms with Gasteiger partial charge in [0, 0.05) is 24.5 Å². The molecular weight excluding hydrogens is 519 g/mol. The van der Waals surface area contributed by atoms with E-state index in [1.54, 1.807) is 30.3 Å². The van der Waals surface area contributed by atoms with Gasteiger partial charge in [-0.2, -0.15) is 13.2 Å². The van der Waals surface area contributed by atoms with Crippen molar-refractivity contribution < 1.29 is 32.3 Å². The van der Waals surface area contributed by atoms with E-state index in [2.05, 4.69) is 21.1 Å². The normalized spacial score (nSPS) is 38.2. The van der Waals surface area contributed by atoms with Crippen LogP contribution in [-0.2, 0) is 20.8 Å². The van der Waals surface area contributed by atoms with E-state index in [1.165, 1.54) is 7.11 Å². The van der Waals surface area contributed by atoms with Crippen LogP contribution >= 0.6 is 0 Å². The summed E-state index contributed by atoms with van der Waals surface area (Å²) < 4.78 is 62.2. The van der Waals surface area contributed by atoms with E-state index >= 15 is 0 Å². The molecule has 4 aliphatic rings. The lowest BCUT2D eigenvalue weighted by atomic mass is 9.90. The summed E-state index contributed by atoms with van der Waals surface area (Å²) in [5.41, 5.74) is 3.42. The van der Waals surface area contributed by atoms with Crippen LogP contribution in [0.2, 0.25) is 0 Å². The van der Waals surface area contributed by atoms with Crippen LogP contribution in [0.4, 0.5) is 13.2 Å². The van der Waals surface area contributed by atoms with Crippen molar-refractivity contribution in [1.29, 1.82) is 0 Å². The quantitative estimate of drug-likeness (QED) is 0.372. The molecular formula is C26H38F3N5O5. The van der Waals surface area contributed by atoms with Gasteiger partial charge in [-0.15, -0.1) is 0 Å². The highest BCUT2D eigenvalue weighted by atomic mass is 19.4. The van der Waals surface area contributed by atoms with Crippen LogP contribution in [0.5, 0.6) is 0 Å². The minimum Gasteiger partial charge on any atom is -0.374 e. The molecule has 4 saturated heterocycles. The molecule has 4 aliphatic heterocycles. The highest BCUT2D eigenvalue weighted by Crippen LogP contribution is 2.44. The van der Waals surface area contributed by atoms with E-state index < -0.39 is 47.3 Å². The highest BCUT2D eigenvalue weighted by Gasteiger charge is 2.64. The summed E-state index contributed by atoms with van der Waals surface area (Å²) in [6.45, 7) is 0.607. The summed E-state index contributed by atoms with van der Waals surface area (Å²) in [7, 11) is 1.44. The fourth-order valence-electron chi connectivity index (χ4n) is 6.71. The third kappa shape index (κ3) is 5.81. The molecule has 7 unspecified atom stereocenters. The van der Waals surface area contributed by atoms with Crippen LogP contribution in [0.3, 0.4) is 0 Å². The number of nitro groups is 1. The Morgan fingerprint density at radius 1 is 1.15 bits per heavy atom. The van der Waals surface area contributed by atoms with Gasteiger partial charge in [0.2, 0.25) is 5.60 Å². The molecule has 0 aromatic heterocycles. The second-order valence-electron chi connectivity index (χ2n) is 11.0. The maximum atomic E-state index is 15.0. The molecule has 0 amide bonds. The van der Waals surface area contributed by atoms with Crippen molar-refractivity contribution in [2.45, 2.75) is 113 Å². The SMILES string of the molecule is COC1CC2NC(C3NNC(O3)C(OCc3ccccc3)(C(F)(F)F)CCCCC[C@H]3CCCN23)C1[N+](=O)[O-]. The first-order valence-corrected chi connectivity index (χ1v) is 13.8. The predicted molar refractivity (Wildman–Crippen MR) is 135 cm³/mol. The van der Waals surface area contributed by atoms with Crippen molar-refractivity contribution >= 4 is 0 Å². The summed E-state index contributed by atoms with van der Waals surface area (Å²) in [6, 6.07) is 6.81. The molecule has 4 bridgehead atoms. The molecule has 5 rings (SSSR count). The zero-order valence-corrected chi connectivity index (χ0v) is 22.1. The second kappa shape index (κ2) is 11.9. The van der Waals surface area contributed by atoms with E-state index in [4.69, 9.17) is 14.2 Å². The van der Waals surface area contributed by atoms with Crippen molar-refractivity contribution in [2.24, 2.45) is 0 Å². The van der Waals surface area contributed by atoms with Gasteiger partial charge in [-0.25, -0.2) is 10.9 Å². The number of nitrogens with zero attached hydrogens (tertiary/aromatic N) is 2. The number of rotatable bonds is 5. The molecule has 0 spiro atoms. The molecule has 13 heteroatoms. The van der Waals surface area contributed by atoms with Gasteiger partial charge < -0.3 is 14.2 Å². The summed E-state index contributed by atoms with van der Waals surface area (Å²) in [6.07, 6.45) is -3.73. The van der Waals surface area contributed by atoms with Crippen LogP contribution in [0.25, 0.3) is 0 Å². The Hall–Kier alpha value is -1.87. The molecule has 4 fully saturated rings. The minimum atomic E-state index is -4.77. The first-order chi connectivity index (χ1) is 18.7. The highest BCUT2D eigenvalue weighted by molar-refractivity contribution is 5.14. The van der Waals surface area contributed by atoms with Gasteiger partial charge >= 0.3 is 6.18 Å². The molecule has 39 heavy (non-hydrogen) atoms. The van der Waals surface area contributed by atoms with Gasteiger partial charge in [-0.05, 0) is 37.8 Å². The lowest BCUT2D eigenvalue weighted by Crippen LogP contribution is -2.69. The average molecular weight is 558 g/mol. The smallest absolute Gasteiger partial charge is 0.374 e. The summed E-state index contributed by atoms with van der Waals surface area (Å²) in [5.74, 6) is 0. The zero-order chi connectivity index (χ0) is 27.6. The molecule has 0 radical (unpaired) electrons. The molecule has 1 aromatic carbocycles. The number of halogens is 3. The Kier molecular flexibility index (Phi) is 8.77. The maximum Gasteiger partial charge on any atom is 0.421 e. The van der Waals surface area contributed by atoms with Crippen LogP contribution in [-0.4, -0.2) is 78.1 Å². The molecule has 8 atom stereocenters. The van der Waals surface area contributed by atoms with E-state index in [0.717, 1.165) is 32.2 Å². The van der Waals surface area contributed by atoms with E-state index in [-0.39, 0.29) is 25.2 Å². The topological polar surface area (TPSA) is 110 Å². The average Bonchev–Trinajstić information content (AvgIpc) is 3.59. The predicted octanol–water partition coefficient (Wildman–Crippen LogP) is 3.06. The molecule has 10 nitrogen and oxygen atoms in total. The fourth-order valence-corrected chi connectivity index (χ4v) is 6.71. The monoisotopic (exact) mass is 557 g/mol. The van der Waals surface area contributed by atoms with Gasteiger partial charge in [0.25, 0.3) is 6.04 Å². The van der Waals surface area contributed by atoms with Gasteiger partial charge in [0.1, 0.15) is 18.4 Å². The molecule has 0 aliphatic carbocycles. The van der Waals surface area contributed by atoms with Crippen molar-refractivity contribution in [3.05, 3.63) is 46.0 Å². The standard InChI is InChI=1S/C26H38F3N5O5/c1-37-19-15-20-30-21(22(19)34(35)36)23-31-32-24(39-23)25(26(27,28)29,38-16-17-9-4-2-5-10-17)13-7-3-6-11-18-12-8-14-33(18)20/h2,4-5,9-10,18-24,30-32H,3,6-8,11-16H2,1H3/t18-,19?,20?,21?,22?,23?,24?,25?/m0/s1. The van der Waals surface area contributed by atoms with Crippen molar-refractivity contribution in [3.8, 4) is 0 Å². The molecule has 3 N–H and O–H groups in total. The summed E-state index contributed by atoms with van der Waals surface area (Å²) in [4.78, 5) is 14.1. The number of alkyl halides is 3. The third-order valence-corrected chi connectivity index (χ3v) is 8.75. The van der Waals surface area contributed by atoms with Crippen molar-refractivity contribution in [2.75, 3.05) is 13.7 Å². The number of hydrogen-bond acceptors (Lipinski definition) is 9. The van der Waals surface area contributed by atoms with Gasteiger partial charge in [0.15, 0.2) is 6.23 Å². The number of fused-ring (bicyclic) bond motifs is 7. The van der Waals surface area contributed by atoms with Gasteiger partial charge in [-0.3, -0.25) is 20.3 Å². The van der Waals surface area contributed by atoms with Gasteiger partial charge in [-0.1, -0.05) is 49.6 Å². The molecule has 1 aromatic rings. The Bertz CT molecular complexity index is 975. The number of nitrogens with one attached hydrogen (secondary N) is 3. The number of hydrogen-bond donors (Lipinski definition) is 3. The minimum absolute atomic E-state index is 0.210. The van der Waals surface area contributed by atoms with Gasteiger partial charge in [0.05, 0.1) is 12.8 Å². The molecule has 4 heterocycles. The molecule has 0 saturated carbocycles. The van der Waals surface area contributed by atoms with Crippen LogP contribution in [0.1, 0.15) is 56.9 Å². The molecule has 218 valence electrons. The van der Waals surface area contributed by atoms with E-state index in [9.17, 15) is 23.3 Å². The number of piperidine rings is 1. The first kappa shape index (κ1) is 28.7. The second-order valence-corrected chi connectivity index (χ2v) is 11.0. The lowest BCUT2D eigenvalue weighted by Gasteiger charge is -2.45. The Morgan fingerprint density at radius 2 is 1.92 bits per heavy atom. The first-order valence-electron chi connectivity index (χ1n) is 13.8. The largest absolute Gasteiger partial charge is 0.421 e. The maximum absolute atomic E-state index is 15.0. The number of methoxy groups -OCH3 is 1. The van der Waals surface area contributed by atoms with Crippen molar-refractivity contribution in [1.82, 2.24) is 21.1 Å². The summed E-state index contributed by atoms with van der Waals surface area (Å²) in [5, 5.41) is 15.6. The Balaban J connectivity index is 1.48. The zero-order valence-electron chi connectivity index (χ0n) is 22.1.